The Hall–Kier alpha value is -2.70. The molecule has 1 heterocycles. The summed E-state index contributed by atoms with van der Waals surface area (Å²) in [6.07, 6.45) is 2.40. The van der Waals surface area contributed by atoms with E-state index in [-0.39, 0.29) is 24.2 Å². The number of halogens is 1. The van der Waals surface area contributed by atoms with E-state index in [2.05, 4.69) is 10.4 Å². The molecule has 0 aliphatic carbocycles. The highest BCUT2D eigenvalue weighted by Gasteiger charge is 2.19. The number of carbonyl (C=O) groups excluding carboxylic acids is 1. The van der Waals surface area contributed by atoms with Gasteiger partial charge in [-0.25, -0.2) is 9.07 Å². The van der Waals surface area contributed by atoms with Gasteiger partial charge in [0.2, 0.25) is 0 Å². The van der Waals surface area contributed by atoms with Gasteiger partial charge in [0.1, 0.15) is 5.82 Å². The molecule has 0 bridgehead atoms. The largest absolute Gasteiger partial charge is 0.481 e. The first-order valence-electron chi connectivity index (χ1n) is 7.77. The fraction of sp³-hybridized carbons (Fsp3) is 0.353. The highest BCUT2D eigenvalue weighted by atomic mass is 19.1. The summed E-state index contributed by atoms with van der Waals surface area (Å²) in [6.45, 7) is 3.67. The standard InChI is InChI=1S/C17H20FN3O3/c1-3-15-14(17(24)20-11(2)4-9-16(22)23)10-19-21(15)13-7-5-12(18)6-8-13/h5-8,10-11H,3-4,9H2,1-2H3,(H,20,24)(H,22,23). The number of nitrogens with zero attached hydrogens (tertiary/aromatic N) is 2. The summed E-state index contributed by atoms with van der Waals surface area (Å²) in [5, 5.41) is 15.7. The molecule has 1 unspecified atom stereocenters. The molecule has 0 aliphatic rings. The minimum Gasteiger partial charge on any atom is -0.481 e. The number of aliphatic carboxylic acids is 1. The van der Waals surface area contributed by atoms with E-state index in [0.717, 1.165) is 0 Å². The van der Waals surface area contributed by atoms with Crippen LogP contribution < -0.4 is 5.32 Å². The molecule has 0 fully saturated rings. The van der Waals surface area contributed by atoms with Crippen molar-refractivity contribution >= 4 is 11.9 Å². The Kier molecular flexibility index (Phi) is 5.68. The van der Waals surface area contributed by atoms with E-state index >= 15 is 0 Å². The predicted molar refractivity (Wildman–Crippen MR) is 86.7 cm³/mol. The molecule has 2 N–H and O–H groups in total. The van der Waals surface area contributed by atoms with Crippen LogP contribution in [-0.2, 0) is 11.2 Å². The Balaban J connectivity index is 2.17. The van der Waals surface area contributed by atoms with Crippen LogP contribution in [0.3, 0.4) is 0 Å². The predicted octanol–water partition coefficient (Wildman–Crippen LogP) is 2.56. The van der Waals surface area contributed by atoms with E-state index < -0.39 is 5.97 Å². The second-order valence-corrected chi connectivity index (χ2v) is 5.55. The maximum absolute atomic E-state index is 13.1. The number of hydrogen-bond donors (Lipinski definition) is 2. The number of aromatic nitrogens is 2. The van der Waals surface area contributed by atoms with Crippen LogP contribution in [-0.4, -0.2) is 32.8 Å². The van der Waals surface area contributed by atoms with Crippen LogP contribution in [0.2, 0.25) is 0 Å². The highest BCUT2D eigenvalue weighted by molar-refractivity contribution is 5.95. The van der Waals surface area contributed by atoms with Crippen LogP contribution in [0.15, 0.2) is 30.5 Å². The average molecular weight is 333 g/mol. The number of benzene rings is 1. The second-order valence-electron chi connectivity index (χ2n) is 5.55. The molecule has 1 amide bonds. The van der Waals surface area contributed by atoms with Crippen molar-refractivity contribution in [3.05, 3.63) is 47.5 Å². The van der Waals surface area contributed by atoms with E-state index in [4.69, 9.17) is 5.11 Å². The van der Waals surface area contributed by atoms with E-state index in [1.807, 2.05) is 6.92 Å². The summed E-state index contributed by atoms with van der Waals surface area (Å²) < 4.78 is 14.7. The van der Waals surface area contributed by atoms with Gasteiger partial charge in [-0.3, -0.25) is 9.59 Å². The van der Waals surface area contributed by atoms with Crippen molar-refractivity contribution in [2.45, 2.75) is 39.2 Å². The lowest BCUT2D eigenvalue weighted by Gasteiger charge is -2.13. The van der Waals surface area contributed by atoms with E-state index in [9.17, 15) is 14.0 Å². The van der Waals surface area contributed by atoms with Crippen LogP contribution >= 0.6 is 0 Å². The zero-order chi connectivity index (χ0) is 17.7. The molecular weight excluding hydrogens is 313 g/mol. The fourth-order valence-corrected chi connectivity index (χ4v) is 2.42. The number of carboxylic acid groups (broad SMARTS) is 1. The average Bonchev–Trinajstić information content (AvgIpc) is 2.97. The molecule has 2 rings (SSSR count). The molecule has 24 heavy (non-hydrogen) atoms. The maximum atomic E-state index is 13.1. The Morgan fingerprint density at radius 2 is 2.00 bits per heavy atom. The summed E-state index contributed by atoms with van der Waals surface area (Å²) in [6, 6.07) is 5.61. The minimum atomic E-state index is -0.894. The third-order valence-corrected chi connectivity index (χ3v) is 3.69. The molecule has 0 saturated heterocycles. The van der Waals surface area contributed by atoms with Crippen LogP contribution in [0, 0.1) is 5.82 Å². The lowest BCUT2D eigenvalue weighted by atomic mass is 10.1. The van der Waals surface area contributed by atoms with E-state index in [1.54, 1.807) is 23.7 Å². The van der Waals surface area contributed by atoms with Gasteiger partial charge >= 0.3 is 5.97 Å². The van der Waals surface area contributed by atoms with Gasteiger partial charge < -0.3 is 10.4 Å². The van der Waals surface area contributed by atoms with Gasteiger partial charge in [0.05, 0.1) is 23.1 Å². The summed E-state index contributed by atoms with van der Waals surface area (Å²) in [7, 11) is 0. The molecular formula is C17H20FN3O3. The van der Waals surface area contributed by atoms with Crippen molar-refractivity contribution in [3.63, 3.8) is 0 Å². The molecule has 0 spiro atoms. The topological polar surface area (TPSA) is 84.2 Å². The molecule has 128 valence electrons. The number of carboxylic acids is 1. The number of hydrogen-bond acceptors (Lipinski definition) is 3. The third kappa shape index (κ3) is 4.18. The van der Waals surface area contributed by atoms with Crippen molar-refractivity contribution in [1.29, 1.82) is 0 Å². The molecule has 7 heteroatoms. The lowest BCUT2D eigenvalue weighted by molar-refractivity contribution is -0.137. The first-order chi connectivity index (χ1) is 11.4. The zero-order valence-electron chi connectivity index (χ0n) is 13.6. The Bertz CT molecular complexity index is 725. The summed E-state index contributed by atoms with van der Waals surface area (Å²) in [4.78, 5) is 23.0. The zero-order valence-corrected chi connectivity index (χ0v) is 13.6. The molecule has 0 aliphatic heterocycles. The van der Waals surface area contributed by atoms with Gasteiger partial charge in [-0.05, 0) is 44.0 Å². The summed E-state index contributed by atoms with van der Waals surface area (Å²) >= 11 is 0. The van der Waals surface area contributed by atoms with Gasteiger partial charge in [0, 0.05) is 12.5 Å². The quantitative estimate of drug-likeness (QED) is 0.815. The van der Waals surface area contributed by atoms with Crippen LogP contribution in [0.25, 0.3) is 5.69 Å². The van der Waals surface area contributed by atoms with Gasteiger partial charge in [0.25, 0.3) is 5.91 Å². The van der Waals surface area contributed by atoms with Gasteiger partial charge in [-0.15, -0.1) is 0 Å². The first-order valence-corrected chi connectivity index (χ1v) is 7.77. The highest BCUT2D eigenvalue weighted by Crippen LogP contribution is 2.16. The van der Waals surface area contributed by atoms with E-state index in [1.165, 1.54) is 18.3 Å². The molecule has 0 saturated carbocycles. The summed E-state index contributed by atoms with van der Waals surface area (Å²) in [5.74, 6) is -1.53. The number of rotatable bonds is 7. The van der Waals surface area contributed by atoms with Crippen molar-refractivity contribution in [2.24, 2.45) is 0 Å². The number of carbonyl (C=O) groups is 2. The first kappa shape index (κ1) is 17.7. The molecule has 6 nitrogen and oxygen atoms in total. The molecule has 1 atom stereocenters. The fourth-order valence-electron chi connectivity index (χ4n) is 2.42. The smallest absolute Gasteiger partial charge is 0.303 e. The second kappa shape index (κ2) is 7.72. The normalized spacial score (nSPS) is 12.0. The SMILES string of the molecule is CCc1c(C(=O)NC(C)CCC(=O)O)cnn1-c1ccc(F)cc1. The van der Waals surface area contributed by atoms with Crippen LogP contribution in [0.1, 0.15) is 42.7 Å². The third-order valence-electron chi connectivity index (χ3n) is 3.69. The van der Waals surface area contributed by atoms with Crippen LogP contribution in [0.4, 0.5) is 4.39 Å². The van der Waals surface area contributed by atoms with Crippen molar-refractivity contribution in [3.8, 4) is 5.69 Å². The summed E-state index contributed by atoms with van der Waals surface area (Å²) in [5.41, 5.74) is 1.82. The molecule has 1 aromatic heterocycles. The Morgan fingerprint density at radius 3 is 2.58 bits per heavy atom. The lowest BCUT2D eigenvalue weighted by Crippen LogP contribution is -2.33. The van der Waals surface area contributed by atoms with Crippen LogP contribution in [0.5, 0.6) is 0 Å². The molecule has 2 aromatic rings. The molecule has 0 radical (unpaired) electrons. The maximum Gasteiger partial charge on any atom is 0.303 e. The number of amides is 1. The van der Waals surface area contributed by atoms with Gasteiger partial charge in [-0.1, -0.05) is 6.92 Å². The Labute approximate surface area is 139 Å². The van der Waals surface area contributed by atoms with Crippen molar-refractivity contribution in [2.75, 3.05) is 0 Å². The van der Waals surface area contributed by atoms with Crippen molar-refractivity contribution < 1.29 is 19.1 Å². The Morgan fingerprint density at radius 1 is 1.33 bits per heavy atom. The molecule has 1 aromatic carbocycles. The number of nitrogens with one attached hydrogen (secondary N) is 1. The van der Waals surface area contributed by atoms with Crippen molar-refractivity contribution in [1.82, 2.24) is 15.1 Å². The monoisotopic (exact) mass is 333 g/mol. The van der Waals surface area contributed by atoms with Gasteiger partial charge in [0.15, 0.2) is 0 Å². The van der Waals surface area contributed by atoms with Gasteiger partial charge in [-0.2, -0.15) is 5.10 Å². The minimum absolute atomic E-state index is 0.00305. The van der Waals surface area contributed by atoms with E-state index in [0.29, 0.717) is 29.8 Å².